The molecule has 3 aromatic rings. The fourth-order valence-electron chi connectivity index (χ4n) is 2.31. The third-order valence-corrected chi connectivity index (χ3v) is 4.58. The van der Waals surface area contributed by atoms with E-state index in [4.69, 9.17) is 4.74 Å². The van der Waals surface area contributed by atoms with E-state index in [9.17, 15) is 19.7 Å². The lowest BCUT2D eigenvalue weighted by atomic mass is 10.1. The summed E-state index contributed by atoms with van der Waals surface area (Å²) >= 11 is 1.33. The van der Waals surface area contributed by atoms with Crippen LogP contribution in [0.15, 0.2) is 60.0 Å². The number of carbonyl (C=O) groups is 2. The molecule has 136 valence electrons. The van der Waals surface area contributed by atoms with E-state index in [2.05, 4.69) is 5.32 Å². The van der Waals surface area contributed by atoms with Crippen LogP contribution < -0.4 is 10.1 Å². The molecule has 1 amide bonds. The third kappa shape index (κ3) is 4.36. The van der Waals surface area contributed by atoms with E-state index in [0.717, 1.165) is 0 Å². The normalized spacial score (nSPS) is 10.3. The topological polar surface area (TPSA) is 98.5 Å². The zero-order valence-electron chi connectivity index (χ0n) is 14.2. The van der Waals surface area contributed by atoms with Crippen LogP contribution in [0.1, 0.15) is 25.6 Å². The first-order valence-electron chi connectivity index (χ1n) is 7.86. The Kier molecular flexibility index (Phi) is 5.28. The average Bonchev–Trinajstić information content (AvgIpc) is 3.18. The van der Waals surface area contributed by atoms with Crippen LogP contribution in [0.4, 0.5) is 11.4 Å². The Morgan fingerprint density at radius 1 is 1.11 bits per heavy atom. The molecule has 0 saturated heterocycles. The Hall–Kier alpha value is -3.52. The number of nitro benzene ring substituents is 1. The number of rotatable bonds is 5. The van der Waals surface area contributed by atoms with Crippen molar-refractivity contribution in [2.45, 2.75) is 6.92 Å². The van der Waals surface area contributed by atoms with Gasteiger partial charge in [0.05, 0.1) is 15.4 Å². The van der Waals surface area contributed by atoms with Gasteiger partial charge in [-0.25, -0.2) is 4.79 Å². The Bertz CT molecular complexity index is 997. The number of nitrogens with zero attached hydrogens (tertiary/aromatic N) is 1. The summed E-state index contributed by atoms with van der Waals surface area (Å²) in [6, 6.07) is 13.9. The highest BCUT2D eigenvalue weighted by Gasteiger charge is 2.16. The number of anilines is 1. The Balaban J connectivity index is 1.67. The number of nitrogens with one attached hydrogen (secondary N) is 1. The molecule has 0 unspecified atom stereocenters. The standard InChI is InChI=1S/C19H14N2O5S/c1-12-4-5-13(11-16(12)21(24)25)19(23)26-15-8-6-14(7-9-15)20-18(22)17-3-2-10-27-17/h2-11H,1H3,(H,20,22). The lowest BCUT2D eigenvalue weighted by molar-refractivity contribution is -0.385. The van der Waals surface area contributed by atoms with Crippen LogP contribution in [0.25, 0.3) is 0 Å². The van der Waals surface area contributed by atoms with Gasteiger partial charge >= 0.3 is 5.97 Å². The van der Waals surface area contributed by atoms with Crippen molar-refractivity contribution in [3.05, 3.63) is 86.1 Å². The van der Waals surface area contributed by atoms with Crippen LogP contribution in [0.5, 0.6) is 5.75 Å². The van der Waals surface area contributed by atoms with Crippen molar-refractivity contribution in [3.63, 3.8) is 0 Å². The SMILES string of the molecule is Cc1ccc(C(=O)Oc2ccc(NC(=O)c3cccs3)cc2)cc1[N+](=O)[O-]. The molecule has 0 fully saturated rings. The molecule has 0 aliphatic rings. The maximum Gasteiger partial charge on any atom is 0.343 e. The van der Waals surface area contributed by atoms with Crippen molar-refractivity contribution in [1.82, 2.24) is 0 Å². The average molecular weight is 382 g/mol. The van der Waals surface area contributed by atoms with Crippen molar-refractivity contribution in [3.8, 4) is 5.75 Å². The molecular formula is C19H14N2O5S. The van der Waals surface area contributed by atoms with Gasteiger partial charge in [0.2, 0.25) is 0 Å². The van der Waals surface area contributed by atoms with Crippen LogP contribution in [-0.4, -0.2) is 16.8 Å². The zero-order chi connectivity index (χ0) is 19.4. The van der Waals surface area contributed by atoms with Gasteiger partial charge < -0.3 is 10.1 Å². The maximum atomic E-state index is 12.2. The molecule has 8 heteroatoms. The molecule has 2 aromatic carbocycles. The molecule has 1 aromatic heterocycles. The predicted octanol–water partition coefficient (Wildman–Crippen LogP) is 4.44. The number of carbonyl (C=O) groups excluding carboxylic acids is 2. The van der Waals surface area contributed by atoms with Crippen molar-refractivity contribution in [2.75, 3.05) is 5.32 Å². The first-order chi connectivity index (χ1) is 12.9. The highest BCUT2D eigenvalue weighted by molar-refractivity contribution is 7.12. The summed E-state index contributed by atoms with van der Waals surface area (Å²) in [6.45, 7) is 1.59. The summed E-state index contributed by atoms with van der Waals surface area (Å²) in [5.41, 5.74) is 0.958. The van der Waals surface area contributed by atoms with Gasteiger partial charge in [-0.2, -0.15) is 0 Å². The molecule has 0 saturated carbocycles. The first-order valence-corrected chi connectivity index (χ1v) is 8.74. The monoisotopic (exact) mass is 382 g/mol. The van der Waals surface area contributed by atoms with Crippen LogP contribution in [0, 0.1) is 17.0 Å². The van der Waals surface area contributed by atoms with E-state index < -0.39 is 10.9 Å². The summed E-state index contributed by atoms with van der Waals surface area (Å²) in [4.78, 5) is 35.2. The van der Waals surface area contributed by atoms with Crippen molar-refractivity contribution in [1.29, 1.82) is 0 Å². The molecular weight excluding hydrogens is 368 g/mol. The van der Waals surface area contributed by atoms with E-state index >= 15 is 0 Å². The summed E-state index contributed by atoms with van der Waals surface area (Å²) in [6.07, 6.45) is 0. The minimum atomic E-state index is -0.700. The number of hydrogen-bond acceptors (Lipinski definition) is 6. The van der Waals surface area contributed by atoms with Crippen LogP contribution in [0.2, 0.25) is 0 Å². The van der Waals surface area contributed by atoms with Gasteiger partial charge in [-0.15, -0.1) is 11.3 Å². The summed E-state index contributed by atoms with van der Waals surface area (Å²) in [7, 11) is 0. The number of hydrogen-bond donors (Lipinski definition) is 1. The maximum absolute atomic E-state index is 12.2. The van der Waals surface area contributed by atoms with Crippen molar-refractivity contribution >= 4 is 34.6 Å². The fraction of sp³-hybridized carbons (Fsp3) is 0.0526. The number of ether oxygens (including phenoxy) is 1. The highest BCUT2D eigenvalue weighted by atomic mass is 32.1. The lowest BCUT2D eigenvalue weighted by Crippen LogP contribution is -2.11. The highest BCUT2D eigenvalue weighted by Crippen LogP contribution is 2.22. The molecule has 0 spiro atoms. The Labute approximate surface area is 158 Å². The minimum Gasteiger partial charge on any atom is -0.423 e. The molecule has 0 bridgehead atoms. The second kappa shape index (κ2) is 7.79. The fourth-order valence-corrected chi connectivity index (χ4v) is 2.92. The summed E-state index contributed by atoms with van der Waals surface area (Å²) < 4.78 is 5.24. The van der Waals surface area contributed by atoms with E-state index in [0.29, 0.717) is 16.1 Å². The predicted molar refractivity (Wildman–Crippen MR) is 102 cm³/mol. The molecule has 0 radical (unpaired) electrons. The molecule has 1 N–H and O–H groups in total. The molecule has 3 rings (SSSR count). The number of benzene rings is 2. The minimum absolute atomic E-state index is 0.0855. The molecule has 0 atom stereocenters. The number of amides is 1. The number of aryl methyl sites for hydroxylation is 1. The molecule has 7 nitrogen and oxygen atoms in total. The quantitative estimate of drug-likeness (QED) is 0.304. The first kappa shape index (κ1) is 18.3. The zero-order valence-corrected chi connectivity index (χ0v) is 15.0. The van der Waals surface area contributed by atoms with Crippen molar-refractivity contribution in [2.24, 2.45) is 0 Å². The Morgan fingerprint density at radius 3 is 2.48 bits per heavy atom. The van der Waals surface area contributed by atoms with Gasteiger partial charge in [0.25, 0.3) is 11.6 Å². The summed E-state index contributed by atoms with van der Waals surface area (Å²) in [5.74, 6) is -0.660. The molecule has 0 aliphatic heterocycles. The number of esters is 1. The van der Waals surface area contributed by atoms with E-state index in [1.807, 2.05) is 5.38 Å². The van der Waals surface area contributed by atoms with E-state index in [-0.39, 0.29) is 22.9 Å². The lowest BCUT2D eigenvalue weighted by Gasteiger charge is -2.07. The molecule has 0 aliphatic carbocycles. The Morgan fingerprint density at radius 2 is 1.85 bits per heavy atom. The second-order valence-electron chi connectivity index (χ2n) is 5.60. The molecule has 1 heterocycles. The van der Waals surface area contributed by atoms with Gasteiger partial charge in [-0.3, -0.25) is 14.9 Å². The van der Waals surface area contributed by atoms with Crippen LogP contribution in [-0.2, 0) is 0 Å². The number of thiophene rings is 1. The third-order valence-electron chi connectivity index (χ3n) is 3.71. The summed E-state index contributed by atoms with van der Waals surface area (Å²) in [5, 5.41) is 15.5. The second-order valence-corrected chi connectivity index (χ2v) is 6.55. The van der Waals surface area contributed by atoms with Gasteiger partial charge in [0.1, 0.15) is 5.75 Å². The van der Waals surface area contributed by atoms with E-state index in [1.165, 1.54) is 41.7 Å². The number of nitro groups is 1. The van der Waals surface area contributed by atoms with Crippen LogP contribution >= 0.6 is 11.3 Å². The van der Waals surface area contributed by atoms with Gasteiger partial charge in [0, 0.05) is 17.3 Å². The van der Waals surface area contributed by atoms with E-state index in [1.54, 1.807) is 31.2 Å². The molecule has 27 heavy (non-hydrogen) atoms. The van der Waals surface area contributed by atoms with Gasteiger partial charge in [-0.1, -0.05) is 12.1 Å². The van der Waals surface area contributed by atoms with Gasteiger partial charge in [-0.05, 0) is 48.7 Å². The largest absolute Gasteiger partial charge is 0.423 e. The van der Waals surface area contributed by atoms with Gasteiger partial charge in [0.15, 0.2) is 0 Å². The van der Waals surface area contributed by atoms with Crippen molar-refractivity contribution < 1.29 is 19.2 Å². The smallest absolute Gasteiger partial charge is 0.343 e. The van der Waals surface area contributed by atoms with Crippen LogP contribution in [0.3, 0.4) is 0 Å².